The van der Waals surface area contributed by atoms with Crippen molar-refractivity contribution in [2.45, 2.75) is 58.3 Å². The van der Waals surface area contributed by atoms with E-state index in [9.17, 15) is 44.1 Å². The summed E-state index contributed by atoms with van der Waals surface area (Å²) in [5.41, 5.74) is -0.995. The first-order valence-electron chi connectivity index (χ1n) is 19.7. The maximum Gasteiger partial charge on any atom is 0.303 e. The van der Waals surface area contributed by atoms with Gasteiger partial charge < -0.3 is 62.6 Å². The number of esters is 3. The van der Waals surface area contributed by atoms with Crippen molar-refractivity contribution in [3.05, 3.63) is 93.2 Å². The lowest BCUT2D eigenvalue weighted by Gasteiger charge is -2.45. The van der Waals surface area contributed by atoms with Gasteiger partial charge in [-0.25, -0.2) is 0 Å². The fourth-order valence-corrected chi connectivity index (χ4v) is 7.49. The van der Waals surface area contributed by atoms with Crippen molar-refractivity contribution in [1.29, 1.82) is 0 Å². The zero-order chi connectivity index (χ0) is 46.9. The molecule has 1 aliphatic heterocycles. The van der Waals surface area contributed by atoms with Gasteiger partial charge in [0.15, 0.2) is 28.6 Å². The highest BCUT2D eigenvalue weighted by Gasteiger charge is 2.52. The molecule has 1 aliphatic rings. The molecule has 0 spiro atoms. The number of aromatic hydroxyl groups is 3. The summed E-state index contributed by atoms with van der Waals surface area (Å²) in [4.78, 5) is 77.3. The van der Waals surface area contributed by atoms with Gasteiger partial charge >= 0.3 is 17.9 Å². The summed E-state index contributed by atoms with van der Waals surface area (Å²) in [5.74, 6) is -4.20. The molecule has 0 aliphatic carbocycles. The number of carbonyl (C=O) groups is 4. The number of hydrogen-bond acceptors (Lipinski definition) is 18. The van der Waals surface area contributed by atoms with Gasteiger partial charge in [0.2, 0.25) is 12.2 Å². The van der Waals surface area contributed by atoms with Crippen LogP contribution in [-0.4, -0.2) is 90.6 Å². The monoisotopic (exact) mass is 895 g/mol. The van der Waals surface area contributed by atoms with Crippen LogP contribution in [0.15, 0.2) is 91.2 Å². The van der Waals surface area contributed by atoms with Crippen LogP contribution in [0.1, 0.15) is 27.7 Å². The Morgan fingerprint density at radius 2 is 1.31 bits per heavy atom. The van der Waals surface area contributed by atoms with Crippen LogP contribution in [0.2, 0.25) is 0 Å². The molecule has 338 valence electrons. The first-order valence-corrected chi connectivity index (χ1v) is 19.7. The maximum atomic E-state index is 14.0. The number of phenolic OH excluding ortho intramolecular Hbond substituents is 3. The summed E-state index contributed by atoms with van der Waals surface area (Å²) < 4.78 is 53.0. The third-order valence-corrected chi connectivity index (χ3v) is 10.2. The standard InChI is InChI=1S/C46H41NO18/c1-20(48)47-42-45(61-23(4)51)43(60-22(3)50)38(19-59-21(2)49)65-46(42)64-37-18-32(56)41-31(55)17-34(24-7-10-26(52)11-8-24)63-44(41)39(37)28-13-25(9-12-33(28)58-6)35-16-30(54)40-29(53)14-27(57-5)15-36(40)62-35/h7-18,38,42-43,45-46,52-53,56H,19H2,1-6H3,(H,47,48)/t38-,42-,43-,45-,46-/m1/s1. The van der Waals surface area contributed by atoms with Gasteiger partial charge in [0.05, 0.1) is 19.8 Å². The molecule has 0 unspecified atom stereocenters. The van der Waals surface area contributed by atoms with E-state index in [1.54, 1.807) is 6.07 Å². The molecule has 3 heterocycles. The maximum absolute atomic E-state index is 14.0. The normalized spacial score (nSPS) is 18.1. The second kappa shape index (κ2) is 18.3. The molecule has 0 radical (unpaired) electrons. The van der Waals surface area contributed by atoms with Crippen LogP contribution in [0.25, 0.3) is 55.7 Å². The first-order chi connectivity index (χ1) is 31.0. The van der Waals surface area contributed by atoms with Gasteiger partial charge in [-0.15, -0.1) is 0 Å². The first kappa shape index (κ1) is 45.0. The van der Waals surface area contributed by atoms with Crippen molar-refractivity contribution in [3.8, 4) is 68.3 Å². The number of phenols is 3. The van der Waals surface area contributed by atoms with Crippen molar-refractivity contribution in [1.82, 2.24) is 5.32 Å². The van der Waals surface area contributed by atoms with Crippen LogP contribution >= 0.6 is 0 Å². The largest absolute Gasteiger partial charge is 0.508 e. The highest BCUT2D eigenvalue weighted by molar-refractivity contribution is 6.01. The number of rotatable bonds is 12. The van der Waals surface area contributed by atoms with Gasteiger partial charge in [0.1, 0.15) is 81.1 Å². The van der Waals surface area contributed by atoms with Gasteiger partial charge in [-0.2, -0.15) is 0 Å². The van der Waals surface area contributed by atoms with Crippen molar-refractivity contribution >= 4 is 45.8 Å². The third-order valence-electron chi connectivity index (χ3n) is 10.2. The van der Waals surface area contributed by atoms with E-state index in [0.29, 0.717) is 5.56 Å². The Hall–Kier alpha value is -8.06. The van der Waals surface area contributed by atoms with Crippen LogP contribution in [0.3, 0.4) is 0 Å². The van der Waals surface area contributed by atoms with Crippen molar-refractivity contribution < 1.29 is 76.5 Å². The molecular weight excluding hydrogens is 854 g/mol. The summed E-state index contributed by atoms with van der Waals surface area (Å²) in [7, 11) is 2.72. The Kier molecular flexibility index (Phi) is 12.7. The summed E-state index contributed by atoms with van der Waals surface area (Å²) in [6, 6.07) is 14.8. The molecule has 4 aromatic carbocycles. The van der Waals surface area contributed by atoms with Crippen molar-refractivity contribution in [3.63, 3.8) is 0 Å². The zero-order valence-electron chi connectivity index (χ0n) is 35.5. The zero-order valence-corrected chi connectivity index (χ0v) is 35.5. The molecule has 2 aromatic heterocycles. The van der Waals surface area contributed by atoms with Crippen molar-refractivity contribution in [2.24, 2.45) is 0 Å². The van der Waals surface area contributed by atoms with Gasteiger partial charge in [-0.3, -0.25) is 28.8 Å². The predicted molar refractivity (Wildman–Crippen MR) is 228 cm³/mol. The molecule has 6 aromatic rings. The summed E-state index contributed by atoms with van der Waals surface area (Å²) in [6.45, 7) is 3.87. The van der Waals surface area contributed by atoms with Crippen molar-refractivity contribution in [2.75, 3.05) is 20.8 Å². The third kappa shape index (κ3) is 9.35. The minimum Gasteiger partial charge on any atom is -0.508 e. The topological polar surface area (TPSA) is 266 Å². The predicted octanol–water partition coefficient (Wildman–Crippen LogP) is 5.07. The second-order valence-electron chi connectivity index (χ2n) is 14.7. The van der Waals surface area contributed by atoms with Crippen LogP contribution in [0.4, 0.5) is 0 Å². The Labute approximate surface area is 367 Å². The molecule has 1 fully saturated rings. The van der Waals surface area contributed by atoms with Gasteiger partial charge in [-0.1, -0.05) is 0 Å². The van der Waals surface area contributed by atoms with E-state index in [-0.39, 0.29) is 78.9 Å². The Balaban J connectivity index is 1.51. The molecule has 4 N–H and O–H groups in total. The Morgan fingerprint density at radius 1 is 0.677 bits per heavy atom. The highest BCUT2D eigenvalue weighted by atomic mass is 16.7. The number of amides is 1. The molecule has 19 nitrogen and oxygen atoms in total. The van der Waals surface area contributed by atoms with E-state index >= 15 is 0 Å². The lowest BCUT2D eigenvalue weighted by Crippen LogP contribution is -2.67. The van der Waals surface area contributed by atoms with Gasteiger partial charge in [0.25, 0.3) is 0 Å². The number of fused-ring (bicyclic) bond motifs is 2. The fourth-order valence-electron chi connectivity index (χ4n) is 7.49. The average molecular weight is 896 g/mol. The average Bonchev–Trinajstić information content (AvgIpc) is 3.24. The molecule has 19 heteroatoms. The summed E-state index contributed by atoms with van der Waals surface area (Å²) in [5, 5.41) is 34.4. The Bertz CT molecular complexity index is 2970. The molecule has 65 heavy (non-hydrogen) atoms. The van der Waals surface area contributed by atoms with E-state index in [0.717, 1.165) is 45.9 Å². The van der Waals surface area contributed by atoms with Crippen LogP contribution < -0.4 is 30.4 Å². The molecule has 0 bridgehead atoms. The van der Waals surface area contributed by atoms with E-state index in [4.69, 9.17) is 42.0 Å². The smallest absolute Gasteiger partial charge is 0.303 e. The van der Waals surface area contributed by atoms with E-state index in [1.807, 2.05) is 0 Å². The molecular formula is C46H41NO18. The fraction of sp³-hybridized carbons (Fsp3) is 0.261. The number of benzene rings is 4. The number of ether oxygens (including phenoxy) is 7. The van der Waals surface area contributed by atoms with E-state index in [1.165, 1.54) is 62.8 Å². The lowest BCUT2D eigenvalue weighted by molar-refractivity contribution is -0.257. The SMILES string of the molecule is COc1cc(O)c2c(=O)cc(-c3ccc(OC)c(-c4c(O[C@@H]5O[C@H](COC(C)=O)[C@@H](OC(C)=O)[C@H](OC(C)=O)[C@H]5NC(C)=O)cc(O)c5c(=O)cc(-c6ccc(O)cc6)oc45)c3)oc2c1. The number of methoxy groups -OCH3 is 2. The number of carbonyl (C=O) groups excluding carboxylic acids is 4. The van der Waals surface area contributed by atoms with Crippen LogP contribution in [-0.2, 0) is 38.1 Å². The van der Waals surface area contributed by atoms with E-state index < -0.39 is 77.7 Å². The van der Waals surface area contributed by atoms with Gasteiger partial charge in [-0.05, 0) is 42.5 Å². The summed E-state index contributed by atoms with van der Waals surface area (Å²) >= 11 is 0. The van der Waals surface area contributed by atoms with Crippen LogP contribution in [0.5, 0.6) is 34.5 Å². The Morgan fingerprint density at radius 3 is 1.94 bits per heavy atom. The summed E-state index contributed by atoms with van der Waals surface area (Å²) in [6.07, 6.45) is -6.14. The lowest BCUT2D eigenvalue weighted by atomic mass is 9.95. The van der Waals surface area contributed by atoms with Gasteiger partial charge in [0, 0.05) is 74.7 Å². The van der Waals surface area contributed by atoms with Crippen LogP contribution in [0, 0.1) is 0 Å². The minimum absolute atomic E-state index is 0.00577. The molecule has 0 saturated carbocycles. The molecule has 1 saturated heterocycles. The second-order valence-corrected chi connectivity index (χ2v) is 14.7. The van der Waals surface area contributed by atoms with E-state index in [2.05, 4.69) is 5.32 Å². The minimum atomic E-state index is -1.73. The highest BCUT2D eigenvalue weighted by Crippen LogP contribution is 2.47. The molecule has 7 rings (SSSR count). The molecule has 1 amide bonds. The number of nitrogens with one attached hydrogen (secondary N) is 1. The quantitative estimate of drug-likeness (QED) is 0.0922. The number of hydrogen-bond donors (Lipinski definition) is 4. The molecule has 5 atom stereocenters.